The summed E-state index contributed by atoms with van der Waals surface area (Å²) in [5.41, 5.74) is 0.521. The molecule has 2 N–H and O–H groups in total. The Bertz CT molecular complexity index is 588. The lowest BCUT2D eigenvalue weighted by Crippen LogP contribution is -2.25. The molecule has 0 heterocycles. The molecule has 2 aromatic carbocycles. The first-order valence-electron chi connectivity index (χ1n) is 5.76. The van der Waals surface area contributed by atoms with Crippen LogP contribution >= 0.6 is 0 Å². The molecule has 1 aliphatic rings. The van der Waals surface area contributed by atoms with Gasteiger partial charge in [-0.15, -0.1) is 0 Å². The molecule has 1 amide bonds. The minimum Gasteiger partial charge on any atom is -0.507 e. The first-order valence-corrected chi connectivity index (χ1v) is 5.76. The van der Waals surface area contributed by atoms with Gasteiger partial charge in [-0.25, -0.2) is 0 Å². The van der Waals surface area contributed by atoms with E-state index in [9.17, 15) is 9.90 Å². The number of rotatable bonds is 2. The van der Waals surface area contributed by atoms with Crippen molar-refractivity contribution in [2.45, 2.75) is 18.9 Å². The van der Waals surface area contributed by atoms with Gasteiger partial charge in [0.05, 0.1) is 0 Å². The molecule has 86 valence electrons. The molecule has 3 rings (SSSR count). The number of nitrogens with one attached hydrogen (secondary N) is 1. The van der Waals surface area contributed by atoms with Gasteiger partial charge in [-0.05, 0) is 30.4 Å². The quantitative estimate of drug-likeness (QED) is 0.827. The first kappa shape index (κ1) is 10.1. The molecule has 0 radical (unpaired) electrons. The number of aromatic hydroxyl groups is 1. The van der Waals surface area contributed by atoms with E-state index in [1.54, 1.807) is 0 Å². The lowest BCUT2D eigenvalue weighted by molar-refractivity contribution is 0.0951. The summed E-state index contributed by atoms with van der Waals surface area (Å²) in [6, 6.07) is 11.2. The number of amides is 1. The van der Waals surface area contributed by atoms with E-state index >= 15 is 0 Å². The molecule has 17 heavy (non-hydrogen) atoms. The Morgan fingerprint density at radius 2 is 2.00 bits per heavy atom. The van der Waals surface area contributed by atoms with Gasteiger partial charge < -0.3 is 10.4 Å². The molecule has 3 nitrogen and oxygen atoms in total. The van der Waals surface area contributed by atoms with Crippen molar-refractivity contribution in [1.82, 2.24) is 5.32 Å². The van der Waals surface area contributed by atoms with Gasteiger partial charge in [-0.2, -0.15) is 0 Å². The average Bonchev–Trinajstić information content (AvgIpc) is 3.13. The van der Waals surface area contributed by atoms with Crippen LogP contribution in [0.1, 0.15) is 23.2 Å². The van der Waals surface area contributed by atoms with Crippen molar-refractivity contribution in [1.29, 1.82) is 0 Å². The molecule has 0 aromatic heterocycles. The predicted molar refractivity (Wildman–Crippen MR) is 66.1 cm³/mol. The van der Waals surface area contributed by atoms with Crippen LogP contribution in [0.4, 0.5) is 0 Å². The highest BCUT2D eigenvalue weighted by Gasteiger charge is 2.24. The Labute approximate surface area is 99.1 Å². The Hall–Kier alpha value is -2.03. The number of hydrogen-bond acceptors (Lipinski definition) is 2. The van der Waals surface area contributed by atoms with E-state index in [1.165, 1.54) is 6.07 Å². The van der Waals surface area contributed by atoms with Crippen LogP contribution < -0.4 is 5.32 Å². The highest BCUT2D eigenvalue weighted by Crippen LogP contribution is 2.27. The van der Waals surface area contributed by atoms with Gasteiger partial charge in [0.1, 0.15) is 5.75 Å². The second kappa shape index (κ2) is 3.77. The summed E-state index contributed by atoms with van der Waals surface area (Å²) in [5, 5.41) is 14.4. The summed E-state index contributed by atoms with van der Waals surface area (Å²) >= 11 is 0. The largest absolute Gasteiger partial charge is 0.507 e. The summed E-state index contributed by atoms with van der Waals surface area (Å²) in [5.74, 6) is 0.0533. The second-order valence-electron chi connectivity index (χ2n) is 4.46. The van der Waals surface area contributed by atoms with Crippen LogP contribution in [0.3, 0.4) is 0 Å². The molecule has 0 spiro atoms. The standard InChI is InChI=1S/C14H13NO2/c16-13-8-10(14(17)15-11-5-6-11)7-9-3-1-2-4-12(9)13/h1-4,7-8,11,16H,5-6H2,(H,15,17). The van der Waals surface area contributed by atoms with Crippen molar-refractivity contribution >= 4 is 16.7 Å². The highest BCUT2D eigenvalue weighted by atomic mass is 16.3. The van der Waals surface area contributed by atoms with Crippen molar-refractivity contribution in [3.8, 4) is 5.75 Å². The van der Waals surface area contributed by atoms with Crippen LogP contribution in [0.25, 0.3) is 10.8 Å². The maximum absolute atomic E-state index is 11.9. The van der Waals surface area contributed by atoms with Crippen LogP contribution in [0.15, 0.2) is 36.4 Å². The molecule has 3 heteroatoms. The van der Waals surface area contributed by atoms with Crippen LogP contribution in [0.2, 0.25) is 0 Å². The zero-order valence-corrected chi connectivity index (χ0v) is 9.31. The van der Waals surface area contributed by atoms with Gasteiger partial charge in [0.25, 0.3) is 5.91 Å². The molecule has 0 saturated heterocycles. The molecule has 1 aliphatic carbocycles. The van der Waals surface area contributed by atoms with Crippen molar-refractivity contribution in [2.24, 2.45) is 0 Å². The third-order valence-corrected chi connectivity index (χ3v) is 3.01. The van der Waals surface area contributed by atoms with Gasteiger partial charge in [0.2, 0.25) is 0 Å². The Kier molecular flexibility index (Phi) is 2.25. The number of fused-ring (bicyclic) bond motifs is 1. The summed E-state index contributed by atoms with van der Waals surface area (Å²) in [6.07, 6.45) is 2.12. The molecule has 0 unspecified atom stereocenters. The number of benzene rings is 2. The monoisotopic (exact) mass is 227 g/mol. The lowest BCUT2D eigenvalue weighted by atomic mass is 10.1. The molecule has 0 aliphatic heterocycles. The maximum atomic E-state index is 11.9. The van der Waals surface area contributed by atoms with Crippen LogP contribution in [0.5, 0.6) is 5.75 Å². The van der Waals surface area contributed by atoms with Crippen LogP contribution in [0, 0.1) is 0 Å². The topological polar surface area (TPSA) is 49.3 Å². The third-order valence-electron chi connectivity index (χ3n) is 3.01. The van der Waals surface area contributed by atoms with Gasteiger partial charge in [-0.3, -0.25) is 4.79 Å². The molecule has 1 saturated carbocycles. The fraction of sp³-hybridized carbons (Fsp3) is 0.214. The minimum absolute atomic E-state index is 0.103. The number of carbonyl (C=O) groups excluding carboxylic acids is 1. The average molecular weight is 227 g/mol. The van der Waals surface area contributed by atoms with Gasteiger partial charge in [-0.1, -0.05) is 24.3 Å². The summed E-state index contributed by atoms with van der Waals surface area (Å²) in [4.78, 5) is 11.9. The number of carbonyl (C=O) groups is 1. The fourth-order valence-electron chi connectivity index (χ4n) is 1.92. The molecule has 2 aromatic rings. The van der Waals surface area contributed by atoms with Gasteiger partial charge >= 0.3 is 0 Å². The smallest absolute Gasteiger partial charge is 0.251 e. The molecular weight excluding hydrogens is 214 g/mol. The van der Waals surface area contributed by atoms with Crippen LogP contribution in [-0.2, 0) is 0 Å². The Morgan fingerprint density at radius 1 is 1.24 bits per heavy atom. The van der Waals surface area contributed by atoms with E-state index in [4.69, 9.17) is 0 Å². The van der Waals surface area contributed by atoms with E-state index in [0.29, 0.717) is 11.6 Å². The molecule has 0 bridgehead atoms. The van der Waals surface area contributed by atoms with Crippen molar-refractivity contribution in [3.05, 3.63) is 42.0 Å². The molecule has 0 atom stereocenters. The van der Waals surface area contributed by atoms with Crippen molar-refractivity contribution in [3.63, 3.8) is 0 Å². The molecular formula is C14H13NO2. The van der Waals surface area contributed by atoms with E-state index in [-0.39, 0.29) is 11.7 Å². The van der Waals surface area contributed by atoms with Gasteiger partial charge in [0.15, 0.2) is 0 Å². The second-order valence-corrected chi connectivity index (χ2v) is 4.46. The summed E-state index contributed by atoms with van der Waals surface area (Å²) in [6.45, 7) is 0. The third kappa shape index (κ3) is 1.96. The van der Waals surface area contributed by atoms with Crippen LogP contribution in [-0.4, -0.2) is 17.1 Å². The van der Waals surface area contributed by atoms with E-state index in [1.807, 2.05) is 30.3 Å². The first-order chi connectivity index (χ1) is 8.24. The number of phenolic OH excluding ortho intramolecular Hbond substituents is 1. The molecule has 1 fully saturated rings. The zero-order valence-electron chi connectivity index (χ0n) is 9.31. The van der Waals surface area contributed by atoms with E-state index in [0.717, 1.165) is 23.6 Å². The highest BCUT2D eigenvalue weighted by molar-refractivity contribution is 6.00. The van der Waals surface area contributed by atoms with Crippen molar-refractivity contribution < 1.29 is 9.90 Å². The lowest BCUT2D eigenvalue weighted by Gasteiger charge is -2.06. The SMILES string of the molecule is O=C(NC1CC1)c1cc(O)c2ccccc2c1. The normalized spacial score (nSPS) is 14.8. The van der Waals surface area contributed by atoms with E-state index < -0.39 is 0 Å². The minimum atomic E-state index is -0.103. The summed E-state index contributed by atoms with van der Waals surface area (Å²) in [7, 11) is 0. The predicted octanol–water partition coefficient (Wildman–Crippen LogP) is 2.44. The number of hydrogen-bond donors (Lipinski definition) is 2. The maximum Gasteiger partial charge on any atom is 0.251 e. The Balaban J connectivity index is 2.02. The fourth-order valence-corrected chi connectivity index (χ4v) is 1.92. The zero-order chi connectivity index (χ0) is 11.8. The summed E-state index contributed by atoms with van der Waals surface area (Å²) < 4.78 is 0. The van der Waals surface area contributed by atoms with Gasteiger partial charge in [0, 0.05) is 17.0 Å². The number of phenols is 1. The van der Waals surface area contributed by atoms with E-state index in [2.05, 4.69) is 5.32 Å². The Morgan fingerprint density at radius 3 is 2.76 bits per heavy atom. The van der Waals surface area contributed by atoms with Crippen molar-refractivity contribution in [2.75, 3.05) is 0 Å².